The number of carbonyl (C=O) groups excluding carboxylic acids is 1. The van der Waals surface area contributed by atoms with Crippen LogP contribution in [0.4, 0.5) is 0 Å². The second-order valence-corrected chi connectivity index (χ2v) is 7.28. The molecule has 1 aliphatic rings. The first-order valence-corrected chi connectivity index (χ1v) is 10.00. The van der Waals surface area contributed by atoms with E-state index in [1.165, 1.54) is 12.7 Å². The average molecular weight is 399 g/mol. The van der Waals surface area contributed by atoms with Crippen LogP contribution in [0.2, 0.25) is 0 Å². The fourth-order valence-electron chi connectivity index (χ4n) is 3.58. The summed E-state index contributed by atoms with van der Waals surface area (Å²) in [5.41, 5.74) is 1.81. The van der Waals surface area contributed by atoms with Gasteiger partial charge in [-0.05, 0) is 31.4 Å². The lowest BCUT2D eigenvalue weighted by atomic mass is 10.0. The van der Waals surface area contributed by atoms with Crippen LogP contribution >= 0.6 is 0 Å². The molecule has 0 radical (unpaired) electrons. The minimum atomic E-state index is -0.387. The van der Waals surface area contributed by atoms with E-state index in [1.54, 1.807) is 20.0 Å². The van der Waals surface area contributed by atoms with Crippen molar-refractivity contribution in [2.75, 3.05) is 27.2 Å². The SMILES string of the molecule is CN=C(NCc1cc(C(=O)OC)c(C)o1)NC1CCN(Cc2ccccc2)CC1. The summed E-state index contributed by atoms with van der Waals surface area (Å²) in [6, 6.07) is 12.7. The lowest BCUT2D eigenvalue weighted by Gasteiger charge is -2.33. The van der Waals surface area contributed by atoms with E-state index >= 15 is 0 Å². The van der Waals surface area contributed by atoms with Crippen molar-refractivity contribution >= 4 is 11.9 Å². The fraction of sp³-hybridized carbons (Fsp3) is 0.455. The molecule has 0 atom stereocenters. The van der Waals surface area contributed by atoms with Gasteiger partial charge in [-0.3, -0.25) is 9.89 Å². The first kappa shape index (κ1) is 20.9. The van der Waals surface area contributed by atoms with E-state index in [2.05, 4.69) is 50.9 Å². The summed E-state index contributed by atoms with van der Waals surface area (Å²) in [6.45, 7) is 5.32. The van der Waals surface area contributed by atoms with Crippen molar-refractivity contribution in [1.29, 1.82) is 0 Å². The van der Waals surface area contributed by atoms with Crippen LogP contribution in [0.25, 0.3) is 0 Å². The van der Waals surface area contributed by atoms with Crippen LogP contribution in [0, 0.1) is 6.92 Å². The highest BCUT2D eigenvalue weighted by atomic mass is 16.5. The molecular formula is C22H30N4O3. The molecule has 0 spiro atoms. The summed E-state index contributed by atoms with van der Waals surface area (Å²) in [7, 11) is 3.12. The maximum absolute atomic E-state index is 11.7. The molecule has 1 fully saturated rings. The number of nitrogens with one attached hydrogen (secondary N) is 2. The third-order valence-corrected chi connectivity index (χ3v) is 5.21. The maximum atomic E-state index is 11.7. The zero-order chi connectivity index (χ0) is 20.6. The number of ether oxygens (including phenoxy) is 1. The number of hydrogen-bond donors (Lipinski definition) is 2. The molecule has 2 aromatic rings. The molecule has 7 heteroatoms. The van der Waals surface area contributed by atoms with Crippen molar-refractivity contribution in [3.05, 3.63) is 59.0 Å². The van der Waals surface area contributed by atoms with Gasteiger partial charge in [-0.2, -0.15) is 0 Å². The number of guanidine groups is 1. The molecule has 3 rings (SSSR count). The van der Waals surface area contributed by atoms with Crippen molar-refractivity contribution in [3.63, 3.8) is 0 Å². The molecule has 1 aromatic heterocycles. The number of aryl methyl sites for hydroxylation is 1. The topological polar surface area (TPSA) is 79.1 Å². The standard InChI is InChI=1S/C22H30N4O3/c1-16-20(21(27)28-3)13-19(29-16)14-24-22(23-2)25-18-9-11-26(12-10-18)15-17-7-5-4-6-8-17/h4-8,13,18H,9-12,14-15H2,1-3H3,(H2,23,24,25). The molecule has 0 amide bonds. The fourth-order valence-corrected chi connectivity index (χ4v) is 3.58. The van der Waals surface area contributed by atoms with Gasteiger partial charge in [-0.1, -0.05) is 30.3 Å². The summed E-state index contributed by atoms with van der Waals surface area (Å²) in [6.07, 6.45) is 2.14. The summed E-state index contributed by atoms with van der Waals surface area (Å²) < 4.78 is 10.4. The summed E-state index contributed by atoms with van der Waals surface area (Å²) in [5, 5.41) is 6.76. The van der Waals surface area contributed by atoms with Crippen LogP contribution in [-0.2, 0) is 17.8 Å². The molecular weight excluding hydrogens is 368 g/mol. The van der Waals surface area contributed by atoms with Crippen molar-refractivity contribution in [2.24, 2.45) is 4.99 Å². The van der Waals surface area contributed by atoms with Gasteiger partial charge in [-0.25, -0.2) is 4.79 Å². The van der Waals surface area contributed by atoms with Crippen LogP contribution in [0.1, 0.15) is 40.3 Å². The van der Waals surface area contributed by atoms with Crippen molar-refractivity contribution < 1.29 is 13.9 Å². The molecule has 29 heavy (non-hydrogen) atoms. The van der Waals surface area contributed by atoms with Gasteiger partial charge in [0, 0.05) is 32.7 Å². The zero-order valence-electron chi connectivity index (χ0n) is 17.4. The van der Waals surface area contributed by atoms with Crippen LogP contribution in [0.3, 0.4) is 0 Å². The van der Waals surface area contributed by atoms with Gasteiger partial charge in [0.05, 0.1) is 13.7 Å². The monoisotopic (exact) mass is 398 g/mol. The van der Waals surface area contributed by atoms with Crippen LogP contribution in [0.15, 0.2) is 45.8 Å². The van der Waals surface area contributed by atoms with Gasteiger partial charge in [0.25, 0.3) is 0 Å². The average Bonchev–Trinajstić information content (AvgIpc) is 3.13. The Bertz CT molecular complexity index is 824. The van der Waals surface area contributed by atoms with Crippen LogP contribution in [0.5, 0.6) is 0 Å². The van der Waals surface area contributed by atoms with E-state index in [9.17, 15) is 4.79 Å². The number of likely N-dealkylation sites (tertiary alicyclic amines) is 1. The largest absolute Gasteiger partial charge is 0.465 e. The van der Waals surface area contributed by atoms with E-state index in [4.69, 9.17) is 9.15 Å². The van der Waals surface area contributed by atoms with E-state index in [-0.39, 0.29) is 5.97 Å². The quantitative estimate of drug-likeness (QED) is 0.443. The highest BCUT2D eigenvalue weighted by molar-refractivity contribution is 5.90. The molecule has 0 unspecified atom stereocenters. The van der Waals surface area contributed by atoms with E-state index in [1.807, 2.05) is 0 Å². The zero-order valence-corrected chi connectivity index (χ0v) is 17.4. The summed E-state index contributed by atoms with van der Waals surface area (Å²) >= 11 is 0. The first-order valence-electron chi connectivity index (χ1n) is 10.00. The molecule has 7 nitrogen and oxygen atoms in total. The van der Waals surface area contributed by atoms with Crippen molar-refractivity contribution in [1.82, 2.24) is 15.5 Å². The summed E-state index contributed by atoms with van der Waals surface area (Å²) in [5.74, 6) is 1.58. The molecule has 1 aliphatic heterocycles. The number of furan rings is 1. The number of benzene rings is 1. The molecule has 0 bridgehead atoms. The third-order valence-electron chi connectivity index (χ3n) is 5.21. The first-order chi connectivity index (χ1) is 14.1. The highest BCUT2D eigenvalue weighted by Crippen LogP contribution is 2.16. The molecule has 1 aromatic carbocycles. The third kappa shape index (κ3) is 5.84. The molecule has 0 saturated carbocycles. The predicted molar refractivity (Wildman–Crippen MR) is 113 cm³/mol. The molecule has 156 valence electrons. The number of aliphatic imine (C=N–C) groups is 1. The number of carbonyl (C=O) groups is 1. The van der Waals surface area contributed by atoms with Crippen molar-refractivity contribution in [2.45, 2.75) is 38.9 Å². The van der Waals surface area contributed by atoms with Crippen LogP contribution in [-0.4, -0.2) is 50.1 Å². The summed E-state index contributed by atoms with van der Waals surface area (Å²) in [4.78, 5) is 18.5. The van der Waals surface area contributed by atoms with E-state index in [0.29, 0.717) is 29.7 Å². The number of esters is 1. The Hall–Kier alpha value is -2.80. The number of hydrogen-bond acceptors (Lipinski definition) is 5. The smallest absolute Gasteiger partial charge is 0.341 e. The Morgan fingerprint density at radius 2 is 2.00 bits per heavy atom. The number of nitrogens with zero attached hydrogens (tertiary/aromatic N) is 2. The normalized spacial score (nSPS) is 15.9. The molecule has 0 aliphatic carbocycles. The Labute approximate surface area is 172 Å². The van der Waals surface area contributed by atoms with Gasteiger partial charge in [0.1, 0.15) is 17.1 Å². The van der Waals surface area contributed by atoms with E-state index < -0.39 is 0 Å². The molecule has 2 heterocycles. The minimum Gasteiger partial charge on any atom is -0.465 e. The van der Waals surface area contributed by atoms with Gasteiger partial charge < -0.3 is 19.8 Å². The van der Waals surface area contributed by atoms with Gasteiger partial charge >= 0.3 is 5.97 Å². The lowest BCUT2D eigenvalue weighted by Crippen LogP contribution is -2.48. The number of methoxy groups -OCH3 is 1. The Morgan fingerprint density at radius 3 is 2.66 bits per heavy atom. The Morgan fingerprint density at radius 1 is 1.28 bits per heavy atom. The number of rotatable bonds is 6. The molecule has 2 N–H and O–H groups in total. The minimum absolute atomic E-state index is 0.386. The predicted octanol–water partition coefficient (Wildman–Crippen LogP) is 2.70. The lowest BCUT2D eigenvalue weighted by molar-refractivity contribution is 0.0599. The van der Waals surface area contributed by atoms with Gasteiger partial charge in [-0.15, -0.1) is 0 Å². The Balaban J connectivity index is 1.44. The highest BCUT2D eigenvalue weighted by Gasteiger charge is 2.20. The number of piperidine rings is 1. The molecule has 1 saturated heterocycles. The van der Waals surface area contributed by atoms with Gasteiger partial charge in [0.2, 0.25) is 0 Å². The second kappa shape index (κ2) is 10.1. The van der Waals surface area contributed by atoms with E-state index in [0.717, 1.165) is 38.4 Å². The second-order valence-electron chi connectivity index (χ2n) is 7.28. The van der Waals surface area contributed by atoms with Gasteiger partial charge in [0.15, 0.2) is 5.96 Å². The van der Waals surface area contributed by atoms with Crippen molar-refractivity contribution in [3.8, 4) is 0 Å². The maximum Gasteiger partial charge on any atom is 0.341 e. The van der Waals surface area contributed by atoms with Crippen LogP contribution < -0.4 is 10.6 Å². The Kier molecular flexibility index (Phi) is 7.30.